The topological polar surface area (TPSA) is 95.1 Å². The lowest BCUT2D eigenvalue weighted by molar-refractivity contribution is 0.0697. The number of carboxylic acid groups (broad SMARTS) is 1. The van der Waals surface area contributed by atoms with Crippen molar-refractivity contribution < 1.29 is 9.90 Å². The molecular formula is C12H11N3O3. The van der Waals surface area contributed by atoms with Crippen molar-refractivity contribution in [2.75, 3.05) is 5.32 Å². The molecule has 0 fully saturated rings. The number of benzene rings is 1. The van der Waals surface area contributed by atoms with E-state index in [1.165, 1.54) is 18.5 Å². The van der Waals surface area contributed by atoms with E-state index in [1.807, 2.05) is 0 Å². The number of carboxylic acids is 1. The number of aromatic amines is 1. The van der Waals surface area contributed by atoms with Crippen LogP contribution in [0, 0.1) is 0 Å². The van der Waals surface area contributed by atoms with E-state index < -0.39 is 5.97 Å². The highest BCUT2D eigenvalue weighted by atomic mass is 16.4. The molecule has 18 heavy (non-hydrogen) atoms. The van der Waals surface area contributed by atoms with Gasteiger partial charge in [0.05, 0.1) is 11.9 Å². The lowest BCUT2D eigenvalue weighted by Crippen LogP contribution is -2.09. The van der Waals surface area contributed by atoms with Crippen LogP contribution in [0.5, 0.6) is 0 Å². The molecule has 3 N–H and O–H groups in total. The van der Waals surface area contributed by atoms with Crippen molar-refractivity contribution in [2.45, 2.75) is 6.54 Å². The monoisotopic (exact) mass is 245 g/mol. The summed E-state index contributed by atoms with van der Waals surface area (Å²) in [5, 5.41) is 11.8. The molecule has 92 valence electrons. The fraction of sp³-hybridized carbons (Fsp3) is 0.0833. The summed E-state index contributed by atoms with van der Waals surface area (Å²) in [6.45, 7) is 0.400. The van der Waals surface area contributed by atoms with Crippen LogP contribution in [0.4, 0.5) is 5.82 Å². The highest BCUT2D eigenvalue weighted by Gasteiger charge is 2.03. The van der Waals surface area contributed by atoms with Crippen LogP contribution in [0.1, 0.15) is 15.9 Å². The van der Waals surface area contributed by atoms with E-state index in [0.717, 1.165) is 5.56 Å². The number of anilines is 1. The zero-order valence-corrected chi connectivity index (χ0v) is 9.38. The predicted molar refractivity (Wildman–Crippen MR) is 65.6 cm³/mol. The quantitative estimate of drug-likeness (QED) is 0.749. The molecule has 1 aromatic carbocycles. The zero-order chi connectivity index (χ0) is 13.0. The third-order valence-electron chi connectivity index (χ3n) is 2.33. The number of rotatable bonds is 4. The van der Waals surface area contributed by atoms with E-state index in [4.69, 9.17) is 5.11 Å². The Hall–Kier alpha value is -2.63. The number of nitrogens with zero attached hydrogens (tertiary/aromatic N) is 1. The fourth-order valence-corrected chi connectivity index (χ4v) is 1.47. The Morgan fingerprint density at radius 2 is 2.22 bits per heavy atom. The molecular weight excluding hydrogens is 234 g/mol. The van der Waals surface area contributed by atoms with Gasteiger partial charge in [-0.1, -0.05) is 12.1 Å². The normalized spacial score (nSPS) is 10.0. The molecule has 6 heteroatoms. The summed E-state index contributed by atoms with van der Waals surface area (Å²) in [5.74, 6) is -0.523. The van der Waals surface area contributed by atoms with Crippen LogP contribution < -0.4 is 10.9 Å². The largest absolute Gasteiger partial charge is 0.478 e. The van der Waals surface area contributed by atoms with Gasteiger partial charge in [0.15, 0.2) is 0 Å². The van der Waals surface area contributed by atoms with E-state index in [-0.39, 0.29) is 11.1 Å². The molecule has 0 bridgehead atoms. The molecule has 0 unspecified atom stereocenters. The molecule has 0 spiro atoms. The molecule has 1 aromatic heterocycles. The number of nitrogens with one attached hydrogen (secondary N) is 2. The predicted octanol–water partition coefficient (Wildman–Crippen LogP) is 1.08. The Morgan fingerprint density at radius 3 is 2.94 bits per heavy atom. The smallest absolute Gasteiger partial charge is 0.335 e. The average Bonchev–Trinajstić information content (AvgIpc) is 2.37. The fourth-order valence-electron chi connectivity index (χ4n) is 1.47. The third kappa shape index (κ3) is 2.94. The summed E-state index contributed by atoms with van der Waals surface area (Å²) in [6, 6.07) is 7.90. The molecule has 0 atom stereocenters. The van der Waals surface area contributed by atoms with Gasteiger partial charge in [-0.2, -0.15) is 0 Å². The molecule has 1 heterocycles. The van der Waals surface area contributed by atoms with Crippen LogP contribution in [0.25, 0.3) is 0 Å². The first-order chi connectivity index (χ1) is 8.65. The van der Waals surface area contributed by atoms with Gasteiger partial charge in [-0.05, 0) is 17.7 Å². The van der Waals surface area contributed by atoms with Crippen molar-refractivity contribution in [1.82, 2.24) is 9.97 Å². The molecule has 0 saturated heterocycles. The van der Waals surface area contributed by atoms with Crippen LogP contribution in [0.2, 0.25) is 0 Å². The maximum atomic E-state index is 11.0. The highest BCUT2D eigenvalue weighted by Crippen LogP contribution is 2.07. The van der Waals surface area contributed by atoms with Crippen LogP contribution in [0.3, 0.4) is 0 Å². The Labute approximate surface area is 102 Å². The minimum absolute atomic E-state index is 0.230. The Kier molecular flexibility index (Phi) is 3.38. The Bertz CT molecular complexity index is 622. The Morgan fingerprint density at radius 1 is 1.39 bits per heavy atom. The van der Waals surface area contributed by atoms with Crippen molar-refractivity contribution in [3.8, 4) is 0 Å². The molecule has 2 rings (SSSR count). The van der Waals surface area contributed by atoms with Gasteiger partial charge in [0.1, 0.15) is 5.82 Å². The summed E-state index contributed by atoms with van der Waals surface area (Å²) in [4.78, 5) is 28.2. The van der Waals surface area contributed by atoms with Gasteiger partial charge < -0.3 is 15.4 Å². The lowest BCUT2D eigenvalue weighted by atomic mass is 10.1. The number of hydrogen-bond acceptors (Lipinski definition) is 4. The van der Waals surface area contributed by atoms with Gasteiger partial charge in [-0.25, -0.2) is 9.78 Å². The summed E-state index contributed by atoms with van der Waals surface area (Å²) >= 11 is 0. The van der Waals surface area contributed by atoms with Crippen molar-refractivity contribution in [1.29, 1.82) is 0 Å². The van der Waals surface area contributed by atoms with Crippen LogP contribution in [-0.2, 0) is 6.54 Å². The van der Waals surface area contributed by atoms with Crippen LogP contribution in [-0.4, -0.2) is 21.0 Å². The average molecular weight is 245 g/mol. The van der Waals surface area contributed by atoms with Crippen LogP contribution in [0.15, 0.2) is 41.5 Å². The SMILES string of the molecule is O=C(O)c1cccc(CNc2cc(=O)[nH]cn2)c1. The van der Waals surface area contributed by atoms with Gasteiger partial charge in [-0.3, -0.25) is 4.79 Å². The van der Waals surface area contributed by atoms with E-state index in [0.29, 0.717) is 12.4 Å². The maximum Gasteiger partial charge on any atom is 0.335 e. The molecule has 0 aliphatic rings. The Balaban J connectivity index is 2.08. The first-order valence-corrected chi connectivity index (χ1v) is 5.26. The van der Waals surface area contributed by atoms with E-state index in [2.05, 4.69) is 15.3 Å². The molecule has 0 aliphatic carbocycles. The molecule has 6 nitrogen and oxygen atoms in total. The number of aromatic carboxylic acids is 1. The summed E-state index contributed by atoms with van der Waals surface area (Å²) in [6.07, 6.45) is 1.30. The van der Waals surface area contributed by atoms with E-state index in [9.17, 15) is 9.59 Å². The van der Waals surface area contributed by atoms with Gasteiger partial charge in [-0.15, -0.1) is 0 Å². The van der Waals surface area contributed by atoms with Gasteiger partial charge in [0, 0.05) is 12.6 Å². The maximum absolute atomic E-state index is 11.0. The first-order valence-electron chi connectivity index (χ1n) is 5.26. The standard InChI is InChI=1S/C12H11N3O3/c16-11-5-10(14-7-15-11)13-6-8-2-1-3-9(4-8)12(17)18/h1-5,7H,6H2,(H,17,18)(H2,13,14,15,16). The molecule has 0 amide bonds. The zero-order valence-electron chi connectivity index (χ0n) is 9.38. The number of aromatic nitrogens is 2. The number of H-pyrrole nitrogens is 1. The van der Waals surface area contributed by atoms with Gasteiger partial charge in [0.2, 0.25) is 0 Å². The van der Waals surface area contributed by atoms with Crippen molar-refractivity contribution >= 4 is 11.8 Å². The molecule has 0 radical (unpaired) electrons. The highest BCUT2D eigenvalue weighted by molar-refractivity contribution is 5.87. The second-order valence-corrected chi connectivity index (χ2v) is 3.66. The summed E-state index contributed by atoms with van der Waals surface area (Å²) < 4.78 is 0. The number of carbonyl (C=O) groups is 1. The van der Waals surface area contributed by atoms with Gasteiger partial charge >= 0.3 is 5.97 Å². The summed E-state index contributed by atoms with van der Waals surface area (Å²) in [5.41, 5.74) is 0.789. The molecule has 0 aliphatic heterocycles. The third-order valence-corrected chi connectivity index (χ3v) is 2.33. The lowest BCUT2D eigenvalue weighted by Gasteiger charge is -2.05. The second kappa shape index (κ2) is 5.13. The van der Waals surface area contributed by atoms with E-state index in [1.54, 1.807) is 18.2 Å². The molecule has 2 aromatic rings. The van der Waals surface area contributed by atoms with Crippen molar-refractivity contribution in [3.05, 3.63) is 58.1 Å². The molecule has 0 saturated carbocycles. The van der Waals surface area contributed by atoms with Crippen molar-refractivity contribution in [2.24, 2.45) is 0 Å². The second-order valence-electron chi connectivity index (χ2n) is 3.66. The van der Waals surface area contributed by atoms with E-state index >= 15 is 0 Å². The van der Waals surface area contributed by atoms with Crippen LogP contribution >= 0.6 is 0 Å². The number of hydrogen-bond donors (Lipinski definition) is 3. The summed E-state index contributed by atoms with van der Waals surface area (Å²) in [7, 11) is 0. The minimum Gasteiger partial charge on any atom is -0.478 e. The minimum atomic E-state index is -0.967. The first kappa shape index (κ1) is 11.8. The van der Waals surface area contributed by atoms with Crippen molar-refractivity contribution in [3.63, 3.8) is 0 Å². The van der Waals surface area contributed by atoms with Gasteiger partial charge in [0.25, 0.3) is 5.56 Å².